The molecule has 0 amide bonds. The van der Waals surface area contributed by atoms with Crippen molar-refractivity contribution in [3.63, 3.8) is 0 Å². The van der Waals surface area contributed by atoms with Gasteiger partial charge in [0.1, 0.15) is 5.82 Å². The Morgan fingerprint density at radius 2 is 2.18 bits per heavy atom. The van der Waals surface area contributed by atoms with Crippen LogP contribution in [0, 0.1) is 0 Å². The van der Waals surface area contributed by atoms with E-state index < -0.39 is 0 Å². The Kier molecular flexibility index (Phi) is 5.44. The summed E-state index contributed by atoms with van der Waals surface area (Å²) in [5.41, 5.74) is 5.42. The first-order chi connectivity index (χ1) is 8.03. The molecule has 0 fully saturated rings. The van der Waals surface area contributed by atoms with Crippen LogP contribution in [-0.4, -0.2) is 35.7 Å². The zero-order valence-electron chi connectivity index (χ0n) is 11.0. The van der Waals surface area contributed by atoms with Gasteiger partial charge in [0, 0.05) is 33.1 Å². The number of nitrogens with zero attached hydrogens (tertiary/aromatic N) is 2. The average Bonchev–Trinajstić information content (AvgIpc) is 2.69. The number of aromatic nitrogens is 2. The first kappa shape index (κ1) is 14.0. The molecule has 5 nitrogen and oxygen atoms in total. The van der Waals surface area contributed by atoms with Crippen molar-refractivity contribution in [1.29, 1.82) is 0 Å². The van der Waals surface area contributed by atoms with E-state index in [1.165, 1.54) is 0 Å². The monoisotopic (exact) mass is 241 g/mol. The molecule has 1 heterocycles. The number of hydrogen-bond donors (Lipinski definition) is 1. The highest BCUT2D eigenvalue weighted by Gasteiger charge is 2.15. The molecule has 1 rings (SSSR count). The van der Waals surface area contributed by atoms with Gasteiger partial charge in [-0.2, -0.15) is 5.10 Å². The Hall–Kier alpha value is -1.07. The molecule has 0 bridgehead atoms. The molecule has 0 aliphatic carbocycles. The van der Waals surface area contributed by atoms with Gasteiger partial charge in [0.05, 0.1) is 5.60 Å². The van der Waals surface area contributed by atoms with Crippen LogP contribution in [0.15, 0.2) is 12.3 Å². The zero-order chi connectivity index (χ0) is 12.7. The van der Waals surface area contributed by atoms with Gasteiger partial charge < -0.3 is 15.2 Å². The summed E-state index contributed by atoms with van der Waals surface area (Å²) >= 11 is 0. The molecule has 0 radical (unpaired) electrons. The first-order valence-electron chi connectivity index (χ1n) is 5.95. The smallest absolute Gasteiger partial charge is 0.145 e. The van der Waals surface area contributed by atoms with Crippen LogP contribution in [0.1, 0.15) is 26.7 Å². The second-order valence-corrected chi connectivity index (χ2v) is 4.68. The standard InChI is InChI=1S/C12H23N3O2/c1-12(2,16-3)6-10-17-9-4-7-15-8-5-11(13)14-15/h5,8H,4,6-7,9-10H2,1-3H3,(H2,13,14). The second kappa shape index (κ2) is 6.61. The molecule has 0 saturated carbocycles. The summed E-state index contributed by atoms with van der Waals surface area (Å²) in [5.74, 6) is 0.563. The van der Waals surface area contributed by atoms with Crippen LogP contribution in [0.5, 0.6) is 0 Å². The quantitative estimate of drug-likeness (QED) is 0.703. The van der Waals surface area contributed by atoms with Crippen molar-refractivity contribution < 1.29 is 9.47 Å². The lowest BCUT2D eigenvalue weighted by atomic mass is 10.1. The average molecular weight is 241 g/mol. The van der Waals surface area contributed by atoms with E-state index in [4.69, 9.17) is 15.2 Å². The van der Waals surface area contributed by atoms with Gasteiger partial charge >= 0.3 is 0 Å². The van der Waals surface area contributed by atoms with Crippen molar-refractivity contribution in [3.05, 3.63) is 12.3 Å². The number of anilines is 1. The molecule has 17 heavy (non-hydrogen) atoms. The van der Waals surface area contributed by atoms with Gasteiger partial charge in [0.2, 0.25) is 0 Å². The lowest BCUT2D eigenvalue weighted by Crippen LogP contribution is -2.24. The third kappa shape index (κ3) is 5.70. The third-order valence-electron chi connectivity index (χ3n) is 2.74. The predicted molar refractivity (Wildman–Crippen MR) is 67.8 cm³/mol. The number of ether oxygens (including phenoxy) is 2. The fraction of sp³-hybridized carbons (Fsp3) is 0.750. The Bertz CT molecular complexity index is 323. The summed E-state index contributed by atoms with van der Waals surface area (Å²) in [6.45, 7) is 6.41. The molecule has 0 aliphatic rings. The highest BCUT2D eigenvalue weighted by Crippen LogP contribution is 2.12. The Morgan fingerprint density at radius 1 is 1.41 bits per heavy atom. The Morgan fingerprint density at radius 3 is 2.76 bits per heavy atom. The van der Waals surface area contributed by atoms with Crippen LogP contribution in [0.2, 0.25) is 0 Å². The van der Waals surface area contributed by atoms with Crippen LogP contribution in [0.4, 0.5) is 5.82 Å². The van der Waals surface area contributed by atoms with Crippen molar-refractivity contribution in [2.45, 2.75) is 38.8 Å². The first-order valence-corrected chi connectivity index (χ1v) is 5.95. The van der Waals surface area contributed by atoms with Crippen molar-refractivity contribution in [1.82, 2.24) is 9.78 Å². The van der Waals surface area contributed by atoms with E-state index >= 15 is 0 Å². The summed E-state index contributed by atoms with van der Waals surface area (Å²) in [4.78, 5) is 0. The SMILES string of the molecule is COC(C)(C)CCOCCCn1ccc(N)n1. The fourth-order valence-corrected chi connectivity index (χ4v) is 1.35. The molecular formula is C12H23N3O2. The van der Waals surface area contributed by atoms with Crippen LogP contribution < -0.4 is 5.73 Å². The van der Waals surface area contributed by atoms with Crippen LogP contribution >= 0.6 is 0 Å². The maximum atomic E-state index is 5.55. The molecule has 98 valence electrons. The Balaban J connectivity index is 2.02. The van der Waals surface area contributed by atoms with Gasteiger partial charge in [-0.25, -0.2) is 0 Å². The molecule has 0 saturated heterocycles. The van der Waals surface area contributed by atoms with Gasteiger partial charge in [-0.1, -0.05) is 0 Å². The predicted octanol–water partition coefficient (Wildman–Crippen LogP) is 1.69. The summed E-state index contributed by atoms with van der Waals surface area (Å²) in [7, 11) is 1.72. The van der Waals surface area contributed by atoms with E-state index in [0.717, 1.165) is 32.6 Å². The number of rotatable bonds is 8. The zero-order valence-corrected chi connectivity index (χ0v) is 11.0. The van der Waals surface area contributed by atoms with E-state index in [2.05, 4.69) is 18.9 Å². The summed E-state index contributed by atoms with van der Waals surface area (Å²) in [6, 6.07) is 1.79. The molecule has 1 aromatic heterocycles. The maximum Gasteiger partial charge on any atom is 0.145 e. The number of aryl methyl sites for hydroxylation is 1. The minimum absolute atomic E-state index is 0.101. The third-order valence-corrected chi connectivity index (χ3v) is 2.74. The van der Waals surface area contributed by atoms with E-state index in [-0.39, 0.29) is 5.60 Å². The van der Waals surface area contributed by atoms with Crippen LogP contribution in [0.25, 0.3) is 0 Å². The molecule has 0 aliphatic heterocycles. The lowest BCUT2D eigenvalue weighted by molar-refractivity contribution is -0.0103. The fourth-order valence-electron chi connectivity index (χ4n) is 1.35. The highest BCUT2D eigenvalue weighted by atomic mass is 16.5. The minimum atomic E-state index is -0.101. The molecule has 0 spiro atoms. The van der Waals surface area contributed by atoms with Gasteiger partial charge in [-0.05, 0) is 32.8 Å². The molecule has 0 unspecified atom stereocenters. The largest absolute Gasteiger partial charge is 0.382 e. The number of hydrogen-bond acceptors (Lipinski definition) is 4. The van der Waals surface area contributed by atoms with Gasteiger partial charge in [0.25, 0.3) is 0 Å². The maximum absolute atomic E-state index is 5.55. The van der Waals surface area contributed by atoms with E-state index in [1.54, 1.807) is 13.2 Å². The minimum Gasteiger partial charge on any atom is -0.382 e. The van der Waals surface area contributed by atoms with E-state index in [0.29, 0.717) is 5.82 Å². The second-order valence-electron chi connectivity index (χ2n) is 4.68. The topological polar surface area (TPSA) is 62.3 Å². The summed E-state index contributed by atoms with van der Waals surface area (Å²) < 4.78 is 12.7. The summed E-state index contributed by atoms with van der Waals surface area (Å²) in [6.07, 6.45) is 3.72. The molecular weight excluding hydrogens is 218 g/mol. The molecule has 5 heteroatoms. The van der Waals surface area contributed by atoms with Crippen molar-refractivity contribution in [2.24, 2.45) is 0 Å². The molecule has 0 aromatic carbocycles. The Labute approximate surface area is 103 Å². The number of nitrogens with two attached hydrogens (primary N) is 1. The highest BCUT2D eigenvalue weighted by molar-refractivity contribution is 5.23. The van der Waals surface area contributed by atoms with E-state index in [9.17, 15) is 0 Å². The molecule has 2 N–H and O–H groups in total. The van der Waals surface area contributed by atoms with Gasteiger partial charge in [-0.3, -0.25) is 4.68 Å². The molecule has 1 aromatic rings. The van der Waals surface area contributed by atoms with Gasteiger partial charge in [0.15, 0.2) is 0 Å². The van der Waals surface area contributed by atoms with Crippen molar-refractivity contribution in [3.8, 4) is 0 Å². The van der Waals surface area contributed by atoms with Crippen LogP contribution in [-0.2, 0) is 16.0 Å². The number of nitrogen functional groups attached to an aromatic ring is 1. The normalized spacial score (nSPS) is 11.9. The van der Waals surface area contributed by atoms with Crippen molar-refractivity contribution in [2.75, 3.05) is 26.1 Å². The van der Waals surface area contributed by atoms with Crippen molar-refractivity contribution >= 4 is 5.82 Å². The van der Waals surface area contributed by atoms with Crippen LogP contribution in [0.3, 0.4) is 0 Å². The summed E-state index contributed by atoms with van der Waals surface area (Å²) in [5, 5.41) is 4.10. The van der Waals surface area contributed by atoms with Gasteiger partial charge in [-0.15, -0.1) is 0 Å². The number of methoxy groups -OCH3 is 1. The lowest BCUT2D eigenvalue weighted by Gasteiger charge is -2.22. The molecule has 0 atom stereocenters. The van der Waals surface area contributed by atoms with E-state index in [1.807, 2.05) is 10.9 Å².